The summed E-state index contributed by atoms with van der Waals surface area (Å²) in [6.45, 7) is -2.28. The molecule has 1 aromatic heterocycles. The van der Waals surface area contributed by atoms with E-state index in [0.29, 0.717) is 10.6 Å². The Hall–Kier alpha value is -1.70. The van der Waals surface area contributed by atoms with Crippen molar-refractivity contribution in [3.8, 4) is 0 Å². The zero-order valence-corrected chi connectivity index (χ0v) is 10.7. The van der Waals surface area contributed by atoms with Crippen molar-refractivity contribution in [3.63, 3.8) is 0 Å². The molecule has 20 heavy (non-hydrogen) atoms. The highest BCUT2D eigenvalue weighted by Crippen LogP contribution is 2.37. The SMILES string of the molecule is Nc1cc(C(=O)N(CCO)CC(F)(F)F)n(C2CC2)c1. The van der Waals surface area contributed by atoms with Gasteiger partial charge >= 0.3 is 6.18 Å². The molecule has 1 fully saturated rings. The van der Waals surface area contributed by atoms with Crippen LogP contribution in [0.3, 0.4) is 0 Å². The van der Waals surface area contributed by atoms with Gasteiger partial charge in [0.25, 0.3) is 5.91 Å². The number of nitrogens with zero attached hydrogens (tertiary/aromatic N) is 2. The molecule has 1 amide bonds. The van der Waals surface area contributed by atoms with Gasteiger partial charge in [-0.1, -0.05) is 0 Å². The van der Waals surface area contributed by atoms with E-state index < -0.39 is 25.2 Å². The predicted octanol–water partition coefficient (Wildman–Crippen LogP) is 1.40. The molecule has 1 aliphatic carbocycles. The number of aromatic nitrogens is 1. The highest BCUT2D eigenvalue weighted by molar-refractivity contribution is 5.94. The van der Waals surface area contributed by atoms with E-state index in [1.807, 2.05) is 0 Å². The van der Waals surface area contributed by atoms with Crippen LogP contribution in [0.25, 0.3) is 0 Å². The molecule has 3 N–H and O–H groups in total. The van der Waals surface area contributed by atoms with Gasteiger partial charge < -0.3 is 20.3 Å². The Bertz CT molecular complexity index is 495. The van der Waals surface area contributed by atoms with Gasteiger partial charge in [0.05, 0.1) is 12.3 Å². The first-order chi connectivity index (χ1) is 9.31. The number of alkyl halides is 3. The average molecular weight is 291 g/mol. The fraction of sp³-hybridized carbons (Fsp3) is 0.583. The van der Waals surface area contributed by atoms with E-state index >= 15 is 0 Å². The summed E-state index contributed by atoms with van der Waals surface area (Å²) in [6, 6.07) is 1.51. The fourth-order valence-electron chi connectivity index (χ4n) is 2.08. The number of hydrogen-bond donors (Lipinski definition) is 2. The highest BCUT2D eigenvalue weighted by Gasteiger charge is 2.35. The minimum absolute atomic E-state index is 0.133. The first-order valence-corrected chi connectivity index (χ1v) is 6.26. The number of anilines is 1. The lowest BCUT2D eigenvalue weighted by Gasteiger charge is -2.23. The maximum atomic E-state index is 12.5. The number of hydrogen-bond acceptors (Lipinski definition) is 3. The molecule has 0 radical (unpaired) electrons. The minimum Gasteiger partial charge on any atom is -0.397 e. The number of halogens is 3. The largest absolute Gasteiger partial charge is 0.406 e. The number of aliphatic hydroxyl groups is 1. The molecule has 1 heterocycles. The van der Waals surface area contributed by atoms with Gasteiger partial charge in [-0.15, -0.1) is 0 Å². The predicted molar refractivity (Wildman–Crippen MR) is 66.2 cm³/mol. The van der Waals surface area contributed by atoms with Crippen LogP contribution >= 0.6 is 0 Å². The summed E-state index contributed by atoms with van der Waals surface area (Å²) in [5.41, 5.74) is 6.11. The first kappa shape index (κ1) is 14.7. The summed E-state index contributed by atoms with van der Waals surface area (Å²) >= 11 is 0. The van der Waals surface area contributed by atoms with Crippen molar-refractivity contribution in [2.75, 3.05) is 25.4 Å². The fourth-order valence-corrected chi connectivity index (χ4v) is 2.08. The van der Waals surface area contributed by atoms with E-state index in [2.05, 4.69) is 0 Å². The van der Waals surface area contributed by atoms with E-state index in [4.69, 9.17) is 10.8 Å². The van der Waals surface area contributed by atoms with E-state index in [0.717, 1.165) is 12.8 Å². The molecule has 1 saturated carbocycles. The monoisotopic (exact) mass is 291 g/mol. The van der Waals surface area contributed by atoms with Crippen molar-refractivity contribution in [1.82, 2.24) is 9.47 Å². The Labute approximate surface area is 113 Å². The number of carbonyl (C=O) groups is 1. The topological polar surface area (TPSA) is 71.5 Å². The van der Waals surface area contributed by atoms with Crippen LogP contribution in [-0.4, -0.2) is 46.4 Å². The zero-order valence-electron chi connectivity index (χ0n) is 10.7. The normalized spacial score (nSPS) is 15.4. The summed E-state index contributed by atoms with van der Waals surface area (Å²) in [5, 5.41) is 8.83. The molecular formula is C12H16F3N3O2. The number of nitrogens with two attached hydrogens (primary N) is 1. The summed E-state index contributed by atoms with van der Waals surface area (Å²) in [7, 11) is 0. The second-order valence-corrected chi connectivity index (χ2v) is 4.86. The standard InChI is InChI=1S/C12H16F3N3O2/c13-12(14,15)7-17(3-4-19)11(20)10-5-8(16)6-18(10)9-1-2-9/h5-6,9,19H,1-4,7,16H2. The molecule has 0 atom stereocenters. The van der Waals surface area contributed by atoms with E-state index in [9.17, 15) is 18.0 Å². The molecule has 0 aliphatic heterocycles. The maximum Gasteiger partial charge on any atom is 0.406 e. The van der Waals surface area contributed by atoms with Gasteiger partial charge in [0.15, 0.2) is 0 Å². The van der Waals surface area contributed by atoms with Crippen LogP contribution in [0.4, 0.5) is 18.9 Å². The van der Waals surface area contributed by atoms with Crippen LogP contribution in [0.1, 0.15) is 29.4 Å². The average Bonchev–Trinajstić information content (AvgIpc) is 3.09. The van der Waals surface area contributed by atoms with Crippen LogP contribution in [0.5, 0.6) is 0 Å². The second kappa shape index (κ2) is 5.35. The molecule has 0 spiro atoms. The van der Waals surface area contributed by atoms with Crippen molar-refractivity contribution in [2.24, 2.45) is 0 Å². The highest BCUT2D eigenvalue weighted by atomic mass is 19.4. The summed E-state index contributed by atoms with van der Waals surface area (Å²) in [4.78, 5) is 12.8. The molecule has 2 rings (SSSR count). The van der Waals surface area contributed by atoms with E-state index in [1.54, 1.807) is 10.8 Å². The Morgan fingerprint density at radius 1 is 1.50 bits per heavy atom. The van der Waals surface area contributed by atoms with Crippen molar-refractivity contribution in [3.05, 3.63) is 18.0 Å². The summed E-state index contributed by atoms with van der Waals surface area (Å²) in [5.74, 6) is -0.764. The number of rotatable bonds is 5. The van der Waals surface area contributed by atoms with Gasteiger partial charge in [-0.25, -0.2) is 0 Å². The third kappa shape index (κ3) is 3.44. The molecule has 0 aromatic carbocycles. The third-order valence-electron chi connectivity index (χ3n) is 3.06. The van der Waals surface area contributed by atoms with Gasteiger partial charge in [0.2, 0.25) is 0 Å². The van der Waals surface area contributed by atoms with Crippen LogP contribution < -0.4 is 5.73 Å². The number of aliphatic hydroxyl groups excluding tert-OH is 1. The molecular weight excluding hydrogens is 275 g/mol. The van der Waals surface area contributed by atoms with Crippen molar-refractivity contribution >= 4 is 11.6 Å². The molecule has 0 saturated heterocycles. The smallest absolute Gasteiger partial charge is 0.397 e. The van der Waals surface area contributed by atoms with E-state index in [-0.39, 0.29) is 18.3 Å². The molecule has 8 heteroatoms. The lowest BCUT2D eigenvalue weighted by molar-refractivity contribution is -0.141. The molecule has 1 aromatic rings. The first-order valence-electron chi connectivity index (χ1n) is 6.26. The molecule has 5 nitrogen and oxygen atoms in total. The summed E-state index contributed by atoms with van der Waals surface area (Å²) < 4.78 is 39.0. The molecule has 0 bridgehead atoms. The number of nitrogen functional groups attached to an aromatic ring is 1. The molecule has 1 aliphatic rings. The van der Waals surface area contributed by atoms with Gasteiger partial charge in [-0.2, -0.15) is 13.2 Å². The second-order valence-electron chi connectivity index (χ2n) is 4.86. The van der Waals surface area contributed by atoms with Gasteiger partial charge in [0, 0.05) is 18.8 Å². The van der Waals surface area contributed by atoms with E-state index in [1.165, 1.54) is 6.07 Å². The van der Waals surface area contributed by atoms with Crippen LogP contribution in [0.15, 0.2) is 12.3 Å². The summed E-state index contributed by atoms with van der Waals surface area (Å²) in [6.07, 6.45) is -1.18. The van der Waals surface area contributed by atoms with Gasteiger partial charge in [-0.05, 0) is 18.9 Å². The lowest BCUT2D eigenvalue weighted by atomic mass is 10.3. The van der Waals surface area contributed by atoms with Crippen LogP contribution in [-0.2, 0) is 0 Å². The molecule has 0 unspecified atom stereocenters. The number of amides is 1. The van der Waals surface area contributed by atoms with Crippen LogP contribution in [0.2, 0.25) is 0 Å². The Morgan fingerprint density at radius 2 is 2.15 bits per heavy atom. The minimum atomic E-state index is -4.51. The van der Waals surface area contributed by atoms with Crippen molar-refractivity contribution < 1.29 is 23.1 Å². The Kier molecular flexibility index (Phi) is 3.94. The van der Waals surface area contributed by atoms with Gasteiger partial charge in [0.1, 0.15) is 12.2 Å². The van der Waals surface area contributed by atoms with Crippen molar-refractivity contribution in [1.29, 1.82) is 0 Å². The maximum absolute atomic E-state index is 12.5. The third-order valence-corrected chi connectivity index (χ3v) is 3.06. The number of carbonyl (C=O) groups excluding carboxylic acids is 1. The Balaban J connectivity index is 2.22. The van der Waals surface area contributed by atoms with Crippen LogP contribution in [0, 0.1) is 0 Å². The molecule has 112 valence electrons. The Morgan fingerprint density at radius 3 is 2.65 bits per heavy atom. The zero-order chi connectivity index (χ0) is 14.9. The quantitative estimate of drug-likeness (QED) is 0.861. The lowest BCUT2D eigenvalue weighted by Crippen LogP contribution is -2.41. The van der Waals surface area contributed by atoms with Gasteiger partial charge in [-0.3, -0.25) is 4.79 Å². The van der Waals surface area contributed by atoms with Crippen molar-refractivity contribution in [2.45, 2.75) is 25.1 Å².